The molecule has 3 rings (SSSR count). The molecule has 1 aliphatic heterocycles. The van der Waals surface area contributed by atoms with Crippen molar-refractivity contribution in [2.75, 3.05) is 18.0 Å². The zero-order chi connectivity index (χ0) is 14.2. The van der Waals surface area contributed by atoms with Crippen molar-refractivity contribution in [1.82, 2.24) is 4.98 Å². The van der Waals surface area contributed by atoms with Gasteiger partial charge in [-0.1, -0.05) is 12.8 Å². The van der Waals surface area contributed by atoms with E-state index >= 15 is 0 Å². The fourth-order valence-corrected chi connectivity index (χ4v) is 3.81. The highest BCUT2D eigenvalue weighted by atomic mass is 16.3. The maximum absolute atomic E-state index is 10.7. The van der Waals surface area contributed by atoms with E-state index in [4.69, 9.17) is 5.11 Å². The lowest BCUT2D eigenvalue weighted by molar-refractivity contribution is -0.0613. The van der Waals surface area contributed by atoms with Gasteiger partial charge in [0.25, 0.3) is 0 Å². The van der Waals surface area contributed by atoms with E-state index in [0.29, 0.717) is 5.92 Å². The number of anilines is 1. The lowest BCUT2D eigenvalue weighted by Gasteiger charge is -2.48. The summed E-state index contributed by atoms with van der Waals surface area (Å²) in [6, 6.07) is 2.00. The Bertz CT molecular complexity index is 491. The largest absolute Gasteiger partial charge is 0.392 e. The maximum Gasteiger partial charge on any atom is 0.131 e. The average molecular weight is 276 g/mol. The summed E-state index contributed by atoms with van der Waals surface area (Å²) in [4.78, 5) is 6.82. The van der Waals surface area contributed by atoms with Gasteiger partial charge in [-0.2, -0.15) is 0 Å². The molecule has 4 heteroatoms. The number of piperidine rings is 1. The van der Waals surface area contributed by atoms with Crippen LogP contribution in [-0.2, 0) is 6.61 Å². The monoisotopic (exact) mass is 276 g/mol. The third-order valence-corrected chi connectivity index (χ3v) is 5.02. The van der Waals surface area contributed by atoms with E-state index < -0.39 is 5.60 Å². The Hall–Kier alpha value is -1.13. The van der Waals surface area contributed by atoms with Crippen LogP contribution in [0.4, 0.5) is 5.82 Å². The Kier molecular flexibility index (Phi) is 3.69. The van der Waals surface area contributed by atoms with Crippen LogP contribution in [0, 0.1) is 12.8 Å². The smallest absolute Gasteiger partial charge is 0.131 e. The third-order valence-electron chi connectivity index (χ3n) is 5.02. The van der Waals surface area contributed by atoms with E-state index in [1.165, 1.54) is 6.42 Å². The summed E-state index contributed by atoms with van der Waals surface area (Å²) in [7, 11) is 0. The summed E-state index contributed by atoms with van der Waals surface area (Å²) in [5, 5.41) is 19.9. The van der Waals surface area contributed by atoms with E-state index in [2.05, 4.69) is 9.88 Å². The van der Waals surface area contributed by atoms with Crippen molar-refractivity contribution in [3.05, 3.63) is 23.4 Å². The van der Waals surface area contributed by atoms with E-state index in [1.807, 2.05) is 13.0 Å². The number of nitrogens with zero attached hydrogens (tertiary/aromatic N) is 2. The van der Waals surface area contributed by atoms with E-state index in [-0.39, 0.29) is 6.61 Å². The van der Waals surface area contributed by atoms with Crippen LogP contribution in [0.1, 0.15) is 43.2 Å². The molecular weight excluding hydrogens is 252 g/mol. The van der Waals surface area contributed by atoms with Crippen molar-refractivity contribution >= 4 is 5.82 Å². The Morgan fingerprint density at radius 1 is 1.40 bits per heavy atom. The number of rotatable bonds is 2. The van der Waals surface area contributed by atoms with Crippen molar-refractivity contribution in [3.8, 4) is 0 Å². The molecule has 2 N–H and O–H groups in total. The summed E-state index contributed by atoms with van der Waals surface area (Å²) >= 11 is 0. The molecule has 2 aliphatic rings. The molecule has 1 aromatic rings. The normalized spacial score (nSPS) is 30.1. The van der Waals surface area contributed by atoms with Crippen LogP contribution < -0.4 is 4.90 Å². The Balaban J connectivity index is 1.79. The summed E-state index contributed by atoms with van der Waals surface area (Å²) in [6.07, 6.45) is 7.08. The second kappa shape index (κ2) is 5.34. The Morgan fingerprint density at radius 3 is 3.00 bits per heavy atom. The van der Waals surface area contributed by atoms with Gasteiger partial charge in [0, 0.05) is 25.2 Å². The molecule has 1 saturated carbocycles. The highest BCUT2D eigenvalue weighted by Crippen LogP contribution is 2.40. The number of hydrogen-bond acceptors (Lipinski definition) is 4. The minimum Gasteiger partial charge on any atom is -0.392 e. The van der Waals surface area contributed by atoms with Crippen LogP contribution in [0.15, 0.2) is 12.3 Å². The molecule has 110 valence electrons. The molecule has 0 spiro atoms. The number of aliphatic hydroxyl groups excluding tert-OH is 1. The number of aliphatic hydroxyl groups is 2. The first-order valence-electron chi connectivity index (χ1n) is 7.66. The van der Waals surface area contributed by atoms with Crippen molar-refractivity contribution in [3.63, 3.8) is 0 Å². The first-order chi connectivity index (χ1) is 9.62. The number of fused-ring (bicyclic) bond motifs is 1. The number of aromatic nitrogens is 1. The molecular formula is C16H24N2O2. The molecule has 2 unspecified atom stereocenters. The zero-order valence-electron chi connectivity index (χ0n) is 12.2. The van der Waals surface area contributed by atoms with Gasteiger partial charge in [-0.3, -0.25) is 0 Å². The van der Waals surface area contributed by atoms with Crippen LogP contribution in [0.2, 0.25) is 0 Å². The highest BCUT2D eigenvalue weighted by Gasteiger charge is 2.43. The van der Waals surface area contributed by atoms with Crippen LogP contribution >= 0.6 is 0 Å². The summed E-state index contributed by atoms with van der Waals surface area (Å²) in [5.41, 5.74) is 1.53. The minimum absolute atomic E-state index is 0.0382. The molecule has 0 radical (unpaired) electrons. The average Bonchev–Trinajstić information content (AvgIpc) is 2.46. The lowest BCUT2D eigenvalue weighted by Crippen LogP contribution is -2.53. The van der Waals surface area contributed by atoms with Crippen LogP contribution in [0.3, 0.4) is 0 Å². The van der Waals surface area contributed by atoms with Gasteiger partial charge in [0.15, 0.2) is 0 Å². The SMILES string of the molecule is Cc1cc(CO)cnc1N1CCC2(O)CCCCC2C1. The minimum atomic E-state index is -0.437. The molecule has 0 amide bonds. The van der Waals surface area contributed by atoms with Gasteiger partial charge >= 0.3 is 0 Å². The quantitative estimate of drug-likeness (QED) is 0.867. The van der Waals surface area contributed by atoms with Gasteiger partial charge in [0.1, 0.15) is 5.82 Å². The third kappa shape index (κ3) is 2.42. The molecule has 2 fully saturated rings. The molecule has 20 heavy (non-hydrogen) atoms. The standard InChI is InChI=1S/C16H24N2O2/c1-12-8-13(11-19)9-17-15(12)18-7-6-16(20)5-3-2-4-14(16)10-18/h8-9,14,19-20H,2-7,10-11H2,1H3. The van der Waals surface area contributed by atoms with Gasteiger partial charge in [-0.05, 0) is 43.4 Å². The van der Waals surface area contributed by atoms with Gasteiger partial charge < -0.3 is 15.1 Å². The summed E-state index contributed by atoms with van der Waals surface area (Å²) in [5.74, 6) is 1.39. The van der Waals surface area contributed by atoms with Crippen LogP contribution in [0.25, 0.3) is 0 Å². The van der Waals surface area contributed by atoms with Crippen molar-refractivity contribution in [2.45, 2.75) is 51.2 Å². The van der Waals surface area contributed by atoms with Crippen molar-refractivity contribution < 1.29 is 10.2 Å². The summed E-state index contributed by atoms with van der Waals surface area (Å²) < 4.78 is 0. The van der Waals surface area contributed by atoms with E-state index in [1.54, 1.807) is 6.20 Å². The van der Waals surface area contributed by atoms with Crippen molar-refractivity contribution in [1.29, 1.82) is 0 Å². The van der Waals surface area contributed by atoms with Gasteiger partial charge in [-0.25, -0.2) is 4.98 Å². The number of aryl methyl sites for hydroxylation is 1. The van der Waals surface area contributed by atoms with Gasteiger partial charge in [-0.15, -0.1) is 0 Å². The highest BCUT2D eigenvalue weighted by molar-refractivity contribution is 5.48. The molecule has 1 saturated heterocycles. The fraction of sp³-hybridized carbons (Fsp3) is 0.688. The van der Waals surface area contributed by atoms with E-state index in [0.717, 1.165) is 55.7 Å². The topological polar surface area (TPSA) is 56.6 Å². The van der Waals surface area contributed by atoms with Gasteiger partial charge in [0.05, 0.1) is 12.2 Å². The Morgan fingerprint density at radius 2 is 2.25 bits per heavy atom. The lowest BCUT2D eigenvalue weighted by atomic mass is 9.71. The van der Waals surface area contributed by atoms with Crippen LogP contribution in [0.5, 0.6) is 0 Å². The molecule has 1 aromatic heterocycles. The molecule has 4 nitrogen and oxygen atoms in total. The maximum atomic E-state index is 10.7. The fourth-order valence-electron chi connectivity index (χ4n) is 3.81. The molecule has 0 aromatic carbocycles. The first-order valence-corrected chi connectivity index (χ1v) is 7.66. The van der Waals surface area contributed by atoms with Gasteiger partial charge in [0.2, 0.25) is 0 Å². The second-order valence-electron chi connectivity index (χ2n) is 6.38. The Labute approximate surface area is 120 Å². The second-order valence-corrected chi connectivity index (χ2v) is 6.38. The number of pyridine rings is 1. The predicted molar refractivity (Wildman–Crippen MR) is 78.6 cm³/mol. The molecule has 0 bridgehead atoms. The van der Waals surface area contributed by atoms with Crippen LogP contribution in [-0.4, -0.2) is 33.9 Å². The molecule has 1 aliphatic carbocycles. The predicted octanol–water partition coefficient (Wildman–Crippen LogP) is 2.01. The zero-order valence-corrected chi connectivity index (χ0v) is 12.2. The first kappa shape index (κ1) is 13.8. The number of hydrogen-bond donors (Lipinski definition) is 2. The molecule has 2 heterocycles. The summed E-state index contributed by atoms with van der Waals surface area (Å²) in [6.45, 7) is 3.86. The van der Waals surface area contributed by atoms with Crippen molar-refractivity contribution in [2.24, 2.45) is 5.92 Å². The molecule has 2 atom stereocenters. The van der Waals surface area contributed by atoms with E-state index in [9.17, 15) is 5.11 Å².